The summed E-state index contributed by atoms with van der Waals surface area (Å²) >= 11 is 1.83. The fourth-order valence-corrected chi connectivity index (χ4v) is 2.38. The van der Waals surface area contributed by atoms with Crippen molar-refractivity contribution in [3.63, 3.8) is 0 Å². The van der Waals surface area contributed by atoms with Gasteiger partial charge in [-0.25, -0.2) is 0 Å². The second kappa shape index (κ2) is 4.06. The maximum absolute atomic E-state index is 4.13. The van der Waals surface area contributed by atoms with Gasteiger partial charge in [-0.1, -0.05) is 0 Å². The van der Waals surface area contributed by atoms with Gasteiger partial charge in [0.1, 0.15) is 0 Å². The molecule has 0 aliphatic heterocycles. The van der Waals surface area contributed by atoms with Crippen molar-refractivity contribution in [2.45, 2.75) is 19.9 Å². The molecule has 0 aromatic carbocycles. The number of aromatic nitrogens is 2. The lowest BCUT2D eigenvalue weighted by Gasteiger charge is -2.11. The van der Waals surface area contributed by atoms with Crippen LogP contribution in [0.2, 0.25) is 0 Å². The second-order valence-electron chi connectivity index (χ2n) is 3.72. The molecule has 4 heteroatoms. The van der Waals surface area contributed by atoms with E-state index in [9.17, 15) is 0 Å². The molecule has 0 aliphatic rings. The van der Waals surface area contributed by atoms with E-state index in [0.717, 1.165) is 5.69 Å². The molecule has 1 N–H and O–H groups in total. The van der Waals surface area contributed by atoms with E-state index in [1.807, 2.05) is 30.8 Å². The van der Waals surface area contributed by atoms with Gasteiger partial charge in [-0.05, 0) is 26.0 Å². The average molecular weight is 221 g/mol. The molecule has 2 rings (SSSR count). The SMILES string of the molecule is Cc1ccc([C@@H](C)Nc2cnn(C)c2)s1. The first-order chi connectivity index (χ1) is 7.15. The molecule has 1 atom stereocenters. The van der Waals surface area contributed by atoms with Crippen LogP contribution in [0.15, 0.2) is 24.5 Å². The number of hydrogen-bond acceptors (Lipinski definition) is 3. The molecule has 0 fully saturated rings. The lowest BCUT2D eigenvalue weighted by atomic mass is 10.2. The minimum atomic E-state index is 0.341. The Hall–Kier alpha value is -1.29. The number of nitrogens with one attached hydrogen (secondary N) is 1. The van der Waals surface area contributed by atoms with Crippen LogP contribution in [0.1, 0.15) is 22.7 Å². The highest BCUT2D eigenvalue weighted by Crippen LogP contribution is 2.25. The van der Waals surface area contributed by atoms with Crippen molar-refractivity contribution in [1.29, 1.82) is 0 Å². The third-order valence-corrected chi connectivity index (χ3v) is 3.46. The third kappa shape index (κ3) is 2.39. The lowest BCUT2D eigenvalue weighted by molar-refractivity contribution is 0.767. The van der Waals surface area contributed by atoms with Crippen LogP contribution in [0.4, 0.5) is 5.69 Å². The summed E-state index contributed by atoms with van der Waals surface area (Å²) in [5.41, 5.74) is 1.07. The van der Waals surface area contributed by atoms with Crippen molar-refractivity contribution in [1.82, 2.24) is 9.78 Å². The third-order valence-electron chi connectivity index (χ3n) is 2.28. The molecule has 0 radical (unpaired) electrons. The molecule has 0 saturated carbocycles. The first-order valence-electron chi connectivity index (χ1n) is 4.96. The molecule has 0 amide bonds. The van der Waals surface area contributed by atoms with E-state index in [2.05, 4.69) is 36.4 Å². The van der Waals surface area contributed by atoms with E-state index in [4.69, 9.17) is 0 Å². The predicted octanol–water partition coefficient (Wildman–Crippen LogP) is 2.96. The largest absolute Gasteiger partial charge is 0.375 e. The van der Waals surface area contributed by atoms with E-state index in [-0.39, 0.29) is 0 Å². The number of aryl methyl sites for hydroxylation is 2. The van der Waals surface area contributed by atoms with E-state index in [1.165, 1.54) is 9.75 Å². The van der Waals surface area contributed by atoms with E-state index >= 15 is 0 Å². The lowest BCUT2D eigenvalue weighted by Crippen LogP contribution is -2.03. The van der Waals surface area contributed by atoms with Crippen LogP contribution in [0.25, 0.3) is 0 Å². The fourth-order valence-electron chi connectivity index (χ4n) is 1.50. The molecule has 3 nitrogen and oxygen atoms in total. The van der Waals surface area contributed by atoms with Gasteiger partial charge in [-0.3, -0.25) is 4.68 Å². The van der Waals surface area contributed by atoms with Crippen LogP contribution < -0.4 is 5.32 Å². The van der Waals surface area contributed by atoms with Crippen LogP contribution in [0, 0.1) is 6.92 Å². The highest BCUT2D eigenvalue weighted by Gasteiger charge is 2.07. The van der Waals surface area contributed by atoms with Crippen LogP contribution in [0.5, 0.6) is 0 Å². The van der Waals surface area contributed by atoms with Crippen LogP contribution >= 0.6 is 11.3 Å². The van der Waals surface area contributed by atoms with Crippen molar-refractivity contribution < 1.29 is 0 Å². The average Bonchev–Trinajstić information content (AvgIpc) is 2.75. The monoisotopic (exact) mass is 221 g/mol. The minimum absolute atomic E-state index is 0.341. The molecular formula is C11H15N3S. The van der Waals surface area contributed by atoms with Gasteiger partial charge in [0.05, 0.1) is 17.9 Å². The molecule has 0 aliphatic carbocycles. The highest BCUT2D eigenvalue weighted by atomic mass is 32.1. The van der Waals surface area contributed by atoms with Crippen molar-refractivity contribution in [3.05, 3.63) is 34.3 Å². The van der Waals surface area contributed by atoms with Crippen LogP contribution in [0.3, 0.4) is 0 Å². The maximum Gasteiger partial charge on any atom is 0.0731 e. The van der Waals surface area contributed by atoms with Gasteiger partial charge in [-0.15, -0.1) is 11.3 Å². The van der Waals surface area contributed by atoms with Crippen molar-refractivity contribution in [3.8, 4) is 0 Å². The predicted molar refractivity (Wildman–Crippen MR) is 64.3 cm³/mol. The van der Waals surface area contributed by atoms with E-state index in [0.29, 0.717) is 6.04 Å². The molecule has 0 spiro atoms. The topological polar surface area (TPSA) is 29.9 Å². The second-order valence-corrected chi connectivity index (χ2v) is 5.04. The van der Waals surface area contributed by atoms with Crippen molar-refractivity contribution in [2.24, 2.45) is 7.05 Å². The smallest absolute Gasteiger partial charge is 0.0731 e. The van der Waals surface area contributed by atoms with Crippen LogP contribution in [-0.2, 0) is 7.05 Å². The van der Waals surface area contributed by atoms with Gasteiger partial charge in [0.15, 0.2) is 0 Å². The van der Waals surface area contributed by atoms with Gasteiger partial charge in [0.25, 0.3) is 0 Å². The molecule has 0 unspecified atom stereocenters. The zero-order valence-electron chi connectivity index (χ0n) is 9.19. The standard InChI is InChI=1S/C11H15N3S/c1-8-4-5-11(15-8)9(2)13-10-6-12-14(3)7-10/h4-7,9,13H,1-3H3/t9-/m1/s1. The molecule has 2 aromatic heterocycles. The Morgan fingerprint density at radius 3 is 2.80 bits per heavy atom. The Morgan fingerprint density at radius 2 is 2.27 bits per heavy atom. The molecule has 2 aromatic rings. The normalized spacial score (nSPS) is 12.7. The molecule has 80 valence electrons. The Morgan fingerprint density at radius 1 is 1.47 bits per heavy atom. The quantitative estimate of drug-likeness (QED) is 0.863. The Labute approximate surface area is 93.7 Å². The maximum atomic E-state index is 4.13. The summed E-state index contributed by atoms with van der Waals surface area (Å²) in [7, 11) is 1.92. The summed E-state index contributed by atoms with van der Waals surface area (Å²) in [5.74, 6) is 0. The van der Waals surface area contributed by atoms with Crippen molar-refractivity contribution in [2.75, 3.05) is 5.32 Å². The molecule has 0 bridgehead atoms. The van der Waals surface area contributed by atoms with E-state index < -0.39 is 0 Å². The van der Waals surface area contributed by atoms with E-state index in [1.54, 1.807) is 4.68 Å². The summed E-state index contributed by atoms with van der Waals surface area (Å²) in [6.45, 7) is 4.29. The Bertz CT molecular complexity index is 444. The molecular weight excluding hydrogens is 206 g/mol. The van der Waals surface area contributed by atoms with Crippen LogP contribution in [-0.4, -0.2) is 9.78 Å². The number of nitrogens with zero attached hydrogens (tertiary/aromatic N) is 2. The summed E-state index contributed by atoms with van der Waals surface area (Å²) in [6.07, 6.45) is 3.83. The Balaban J connectivity index is 2.06. The zero-order valence-corrected chi connectivity index (χ0v) is 10.0. The molecule has 2 heterocycles. The summed E-state index contributed by atoms with van der Waals surface area (Å²) < 4.78 is 1.80. The van der Waals surface area contributed by atoms with Crippen molar-refractivity contribution >= 4 is 17.0 Å². The van der Waals surface area contributed by atoms with Gasteiger partial charge in [0, 0.05) is 23.0 Å². The summed E-state index contributed by atoms with van der Waals surface area (Å²) in [6, 6.07) is 4.67. The minimum Gasteiger partial charge on any atom is -0.375 e. The first kappa shape index (κ1) is 10.2. The highest BCUT2D eigenvalue weighted by molar-refractivity contribution is 7.12. The van der Waals surface area contributed by atoms with Gasteiger partial charge >= 0.3 is 0 Å². The summed E-state index contributed by atoms with van der Waals surface area (Å²) in [4.78, 5) is 2.71. The van der Waals surface area contributed by atoms with Gasteiger partial charge in [0.2, 0.25) is 0 Å². The van der Waals surface area contributed by atoms with Gasteiger partial charge in [-0.2, -0.15) is 5.10 Å². The zero-order chi connectivity index (χ0) is 10.8. The first-order valence-corrected chi connectivity index (χ1v) is 5.78. The molecule has 15 heavy (non-hydrogen) atoms. The fraction of sp³-hybridized carbons (Fsp3) is 0.364. The number of anilines is 1. The number of rotatable bonds is 3. The number of thiophene rings is 1. The Kier molecular flexibility index (Phi) is 2.77. The molecule has 0 saturated heterocycles. The number of hydrogen-bond donors (Lipinski definition) is 1. The summed E-state index contributed by atoms with van der Waals surface area (Å²) in [5, 5.41) is 7.55. The van der Waals surface area contributed by atoms with Gasteiger partial charge < -0.3 is 5.32 Å².